The van der Waals surface area contributed by atoms with Gasteiger partial charge >= 0.3 is 0 Å². The molecule has 0 aliphatic carbocycles. The Morgan fingerprint density at radius 1 is 1.14 bits per heavy atom. The van der Waals surface area contributed by atoms with Gasteiger partial charge in [-0.2, -0.15) is 5.10 Å². The molecule has 2 aromatic heterocycles. The first-order chi connectivity index (χ1) is 13.6. The molecule has 2 unspecified atom stereocenters. The average Bonchev–Trinajstić information content (AvgIpc) is 3.03. The van der Waals surface area contributed by atoms with Crippen molar-refractivity contribution in [3.05, 3.63) is 75.3 Å². The zero-order valence-corrected chi connectivity index (χ0v) is 16.6. The van der Waals surface area contributed by atoms with E-state index in [0.29, 0.717) is 11.8 Å². The Bertz CT molecular complexity index is 1090. The molecule has 5 nitrogen and oxygen atoms in total. The SMILES string of the molecule is Cn1cc(CN2CC3CC(C2)c2cccc(=O)n2C3)c(-c2cccc(Cl)c2)n1. The maximum atomic E-state index is 12.2. The van der Waals surface area contributed by atoms with Gasteiger partial charge in [0.1, 0.15) is 0 Å². The molecule has 4 heterocycles. The number of hydrogen-bond donors (Lipinski definition) is 0. The summed E-state index contributed by atoms with van der Waals surface area (Å²) in [5.74, 6) is 0.949. The fourth-order valence-electron chi connectivity index (χ4n) is 4.90. The summed E-state index contributed by atoms with van der Waals surface area (Å²) in [5.41, 5.74) is 4.59. The normalized spacial score (nSPS) is 21.5. The highest BCUT2D eigenvalue weighted by Gasteiger charge is 2.34. The van der Waals surface area contributed by atoms with Crippen LogP contribution in [0.1, 0.15) is 23.6 Å². The van der Waals surface area contributed by atoms with Crippen LogP contribution in [0.4, 0.5) is 0 Å². The lowest BCUT2D eigenvalue weighted by atomic mass is 9.83. The number of likely N-dealkylation sites (tertiary alicyclic amines) is 1. The molecule has 2 atom stereocenters. The highest BCUT2D eigenvalue weighted by molar-refractivity contribution is 6.30. The zero-order valence-electron chi connectivity index (χ0n) is 15.9. The highest BCUT2D eigenvalue weighted by Crippen LogP contribution is 2.36. The first-order valence-corrected chi connectivity index (χ1v) is 10.1. The van der Waals surface area contributed by atoms with Crippen LogP contribution in [0.2, 0.25) is 5.02 Å². The molecule has 6 heteroatoms. The van der Waals surface area contributed by atoms with E-state index in [9.17, 15) is 4.79 Å². The fraction of sp³-hybridized carbons (Fsp3) is 0.364. The van der Waals surface area contributed by atoms with Crippen molar-refractivity contribution >= 4 is 11.6 Å². The summed E-state index contributed by atoms with van der Waals surface area (Å²) in [6, 6.07) is 13.6. The summed E-state index contributed by atoms with van der Waals surface area (Å²) in [7, 11) is 1.96. The van der Waals surface area contributed by atoms with E-state index in [1.54, 1.807) is 6.07 Å². The Labute approximate surface area is 169 Å². The number of halogens is 1. The van der Waals surface area contributed by atoms with Crippen LogP contribution in [0.15, 0.2) is 53.5 Å². The standard InChI is InChI=1S/C22H23ClN4O/c1-25-12-18(22(24-25)16-4-2-5-19(23)9-16)14-26-10-15-8-17(13-26)20-6-3-7-21(28)27(20)11-15/h2-7,9,12,15,17H,8,10-11,13-14H2,1H3. The minimum atomic E-state index is 0.135. The van der Waals surface area contributed by atoms with Crippen LogP contribution in [0.5, 0.6) is 0 Å². The first-order valence-electron chi connectivity index (χ1n) is 9.77. The van der Waals surface area contributed by atoms with E-state index in [1.807, 2.05) is 40.6 Å². The molecular weight excluding hydrogens is 372 g/mol. The van der Waals surface area contributed by atoms with Crippen LogP contribution in [0.3, 0.4) is 0 Å². The monoisotopic (exact) mass is 394 g/mol. The quantitative estimate of drug-likeness (QED) is 0.682. The van der Waals surface area contributed by atoms with Crippen LogP contribution in [-0.4, -0.2) is 32.3 Å². The molecule has 2 aliphatic heterocycles. The van der Waals surface area contributed by atoms with E-state index in [2.05, 4.69) is 23.2 Å². The molecule has 5 rings (SSSR count). The maximum absolute atomic E-state index is 12.2. The van der Waals surface area contributed by atoms with Crippen LogP contribution >= 0.6 is 11.6 Å². The van der Waals surface area contributed by atoms with E-state index >= 15 is 0 Å². The molecule has 3 aromatic rings. The summed E-state index contributed by atoms with van der Waals surface area (Å²) in [4.78, 5) is 14.7. The van der Waals surface area contributed by atoms with E-state index < -0.39 is 0 Å². The predicted molar refractivity (Wildman–Crippen MR) is 110 cm³/mol. The lowest BCUT2D eigenvalue weighted by molar-refractivity contribution is 0.114. The molecule has 0 radical (unpaired) electrons. The van der Waals surface area contributed by atoms with Crippen molar-refractivity contribution in [3.8, 4) is 11.3 Å². The molecular formula is C22H23ClN4O. The van der Waals surface area contributed by atoms with Gasteiger partial charge in [-0.15, -0.1) is 0 Å². The molecule has 0 saturated carbocycles. The molecule has 1 saturated heterocycles. The summed E-state index contributed by atoms with van der Waals surface area (Å²) in [6.45, 7) is 3.68. The second kappa shape index (κ2) is 6.90. The van der Waals surface area contributed by atoms with Gasteiger partial charge in [-0.3, -0.25) is 14.4 Å². The number of rotatable bonds is 3. The Hall–Kier alpha value is -2.37. The van der Waals surface area contributed by atoms with E-state index in [0.717, 1.165) is 42.5 Å². The van der Waals surface area contributed by atoms with Gasteiger partial charge in [-0.1, -0.05) is 29.8 Å². The minimum Gasteiger partial charge on any atom is -0.312 e. The molecule has 0 N–H and O–H groups in total. The Balaban J connectivity index is 1.42. The van der Waals surface area contributed by atoms with E-state index in [-0.39, 0.29) is 5.56 Å². The largest absolute Gasteiger partial charge is 0.312 e. The van der Waals surface area contributed by atoms with Gasteiger partial charge in [-0.25, -0.2) is 0 Å². The molecule has 0 spiro atoms. The highest BCUT2D eigenvalue weighted by atomic mass is 35.5. The molecule has 28 heavy (non-hydrogen) atoms. The fourth-order valence-corrected chi connectivity index (χ4v) is 5.09. The number of hydrogen-bond acceptors (Lipinski definition) is 3. The second-order valence-electron chi connectivity index (χ2n) is 8.08. The number of aryl methyl sites for hydroxylation is 1. The predicted octanol–water partition coefficient (Wildman–Crippen LogP) is 3.52. The number of pyridine rings is 1. The first kappa shape index (κ1) is 17.7. The molecule has 1 aromatic carbocycles. The van der Waals surface area contributed by atoms with E-state index in [1.165, 1.54) is 17.7 Å². The Morgan fingerprint density at radius 3 is 2.86 bits per heavy atom. The van der Waals surface area contributed by atoms with Crippen molar-refractivity contribution < 1.29 is 0 Å². The van der Waals surface area contributed by atoms with Gasteiger partial charge in [0.05, 0.1) is 5.69 Å². The Kier molecular flexibility index (Phi) is 4.37. The molecule has 0 amide bonds. The third-order valence-electron chi connectivity index (χ3n) is 5.95. The summed E-state index contributed by atoms with van der Waals surface area (Å²) < 4.78 is 3.86. The number of nitrogens with zero attached hydrogens (tertiary/aromatic N) is 4. The van der Waals surface area contributed by atoms with Gasteiger partial charge in [-0.05, 0) is 30.5 Å². The van der Waals surface area contributed by atoms with Crippen molar-refractivity contribution in [1.29, 1.82) is 0 Å². The van der Waals surface area contributed by atoms with Gasteiger partial charge in [0, 0.05) is 73.3 Å². The molecule has 2 aliphatic rings. The van der Waals surface area contributed by atoms with Gasteiger partial charge in [0.15, 0.2) is 0 Å². The number of fused-ring (bicyclic) bond motifs is 4. The van der Waals surface area contributed by atoms with Crippen LogP contribution < -0.4 is 5.56 Å². The number of piperidine rings is 1. The summed E-state index contributed by atoms with van der Waals surface area (Å²) in [6.07, 6.45) is 3.28. The topological polar surface area (TPSA) is 43.1 Å². The second-order valence-corrected chi connectivity index (χ2v) is 8.52. The van der Waals surface area contributed by atoms with Crippen molar-refractivity contribution in [3.63, 3.8) is 0 Å². The average molecular weight is 395 g/mol. The van der Waals surface area contributed by atoms with Crippen molar-refractivity contribution in [2.45, 2.75) is 25.4 Å². The van der Waals surface area contributed by atoms with Crippen molar-refractivity contribution in [2.75, 3.05) is 13.1 Å². The molecule has 144 valence electrons. The third kappa shape index (κ3) is 3.19. The smallest absolute Gasteiger partial charge is 0.250 e. The van der Waals surface area contributed by atoms with Crippen molar-refractivity contribution in [2.24, 2.45) is 13.0 Å². The summed E-state index contributed by atoms with van der Waals surface area (Å²) in [5, 5.41) is 5.42. The zero-order chi connectivity index (χ0) is 19.3. The van der Waals surface area contributed by atoms with Gasteiger partial charge in [0.25, 0.3) is 5.56 Å². The third-order valence-corrected chi connectivity index (χ3v) is 6.19. The van der Waals surface area contributed by atoms with Crippen LogP contribution in [0.25, 0.3) is 11.3 Å². The lowest BCUT2D eigenvalue weighted by Gasteiger charge is -2.42. The molecule has 2 bridgehead atoms. The van der Waals surface area contributed by atoms with Crippen LogP contribution in [0, 0.1) is 5.92 Å². The number of aromatic nitrogens is 3. The lowest BCUT2D eigenvalue weighted by Crippen LogP contribution is -2.46. The molecule has 1 fully saturated rings. The summed E-state index contributed by atoms with van der Waals surface area (Å²) >= 11 is 6.20. The Morgan fingerprint density at radius 2 is 2.00 bits per heavy atom. The van der Waals surface area contributed by atoms with Gasteiger partial charge in [0.2, 0.25) is 0 Å². The van der Waals surface area contributed by atoms with E-state index in [4.69, 9.17) is 16.7 Å². The number of benzene rings is 1. The maximum Gasteiger partial charge on any atom is 0.250 e. The minimum absolute atomic E-state index is 0.135. The van der Waals surface area contributed by atoms with Gasteiger partial charge < -0.3 is 4.57 Å². The van der Waals surface area contributed by atoms with Crippen molar-refractivity contribution in [1.82, 2.24) is 19.2 Å². The van der Waals surface area contributed by atoms with Crippen LogP contribution in [-0.2, 0) is 20.1 Å².